The average Bonchev–Trinajstić information content (AvgIpc) is 2.87. The van der Waals surface area contributed by atoms with Crippen LogP contribution in [-0.4, -0.2) is 41.9 Å². The molecule has 0 aliphatic heterocycles. The maximum absolute atomic E-state index is 11.6. The molecule has 10 heteroatoms. The van der Waals surface area contributed by atoms with Crippen LogP contribution in [0.15, 0.2) is 12.4 Å². The van der Waals surface area contributed by atoms with E-state index in [1.165, 1.54) is 17.1 Å². The summed E-state index contributed by atoms with van der Waals surface area (Å²) in [5, 5.41) is 20.6. The van der Waals surface area contributed by atoms with Crippen molar-refractivity contribution in [3.05, 3.63) is 18.2 Å². The number of aromatic nitrogens is 5. The van der Waals surface area contributed by atoms with Gasteiger partial charge in [0.15, 0.2) is 0 Å². The highest BCUT2D eigenvalue weighted by Crippen LogP contribution is 2.06. The van der Waals surface area contributed by atoms with E-state index in [1.807, 2.05) is 0 Å². The number of nitrogens with two attached hydrogens (primary N) is 1. The van der Waals surface area contributed by atoms with Gasteiger partial charge in [0.25, 0.3) is 5.91 Å². The smallest absolute Gasteiger partial charge is 0.325 e. The number of aliphatic carboxylic acids is 1. The second kappa shape index (κ2) is 4.53. The van der Waals surface area contributed by atoms with Gasteiger partial charge in [-0.05, 0) is 0 Å². The highest BCUT2D eigenvalue weighted by atomic mass is 16.4. The summed E-state index contributed by atoms with van der Waals surface area (Å²) in [7, 11) is 0. The van der Waals surface area contributed by atoms with Gasteiger partial charge in [-0.25, -0.2) is 0 Å². The molecule has 2 aromatic heterocycles. The number of aromatic amines is 1. The molecule has 18 heavy (non-hydrogen) atoms. The number of nitrogens with one attached hydrogen (secondary N) is 2. The van der Waals surface area contributed by atoms with E-state index in [1.54, 1.807) is 0 Å². The SMILES string of the molecule is Nc1n[nH]c(C(=O)Nc2cnn(CC(=O)O)c2)n1. The van der Waals surface area contributed by atoms with Crippen LogP contribution in [0.3, 0.4) is 0 Å². The number of carbonyl (C=O) groups excluding carboxylic acids is 1. The summed E-state index contributed by atoms with van der Waals surface area (Å²) in [5.41, 5.74) is 5.60. The van der Waals surface area contributed by atoms with E-state index in [0.717, 1.165) is 0 Å². The molecule has 2 heterocycles. The van der Waals surface area contributed by atoms with Crippen molar-refractivity contribution in [3.63, 3.8) is 0 Å². The maximum atomic E-state index is 11.6. The van der Waals surface area contributed by atoms with Crippen LogP contribution in [0.4, 0.5) is 11.6 Å². The average molecular weight is 251 g/mol. The van der Waals surface area contributed by atoms with E-state index >= 15 is 0 Å². The molecule has 0 aliphatic rings. The number of carboxylic acids is 1. The molecule has 10 nitrogen and oxygen atoms in total. The molecular weight excluding hydrogens is 242 g/mol. The number of amides is 1. The Kier molecular flexibility index (Phi) is 2.91. The lowest BCUT2D eigenvalue weighted by atomic mass is 10.5. The van der Waals surface area contributed by atoms with Gasteiger partial charge in [-0.15, -0.1) is 5.10 Å². The third-order valence-corrected chi connectivity index (χ3v) is 1.91. The second-order valence-electron chi connectivity index (χ2n) is 3.32. The van der Waals surface area contributed by atoms with E-state index in [9.17, 15) is 9.59 Å². The largest absolute Gasteiger partial charge is 0.480 e. The Bertz CT molecular complexity index is 587. The highest BCUT2D eigenvalue weighted by molar-refractivity contribution is 6.01. The Morgan fingerprint density at radius 1 is 1.56 bits per heavy atom. The van der Waals surface area contributed by atoms with Crippen molar-refractivity contribution in [2.75, 3.05) is 11.1 Å². The molecule has 0 aliphatic carbocycles. The molecule has 0 fully saturated rings. The molecule has 1 amide bonds. The Hall–Kier alpha value is -2.91. The first kappa shape index (κ1) is 11.6. The molecule has 0 radical (unpaired) electrons. The first-order valence-corrected chi connectivity index (χ1v) is 4.78. The van der Waals surface area contributed by atoms with Crippen LogP contribution >= 0.6 is 0 Å². The van der Waals surface area contributed by atoms with Gasteiger partial charge >= 0.3 is 5.97 Å². The van der Waals surface area contributed by atoms with E-state index < -0.39 is 11.9 Å². The lowest BCUT2D eigenvalue weighted by Crippen LogP contribution is -2.13. The van der Waals surface area contributed by atoms with E-state index in [0.29, 0.717) is 5.69 Å². The molecule has 0 spiro atoms. The summed E-state index contributed by atoms with van der Waals surface area (Å²) in [6.45, 7) is -0.287. The minimum Gasteiger partial charge on any atom is -0.480 e. The van der Waals surface area contributed by atoms with Gasteiger partial charge in [0.2, 0.25) is 11.8 Å². The highest BCUT2D eigenvalue weighted by Gasteiger charge is 2.12. The first-order chi connectivity index (χ1) is 8.54. The minimum atomic E-state index is -1.03. The van der Waals surface area contributed by atoms with Crippen molar-refractivity contribution in [1.82, 2.24) is 25.0 Å². The minimum absolute atomic E-state index is 0.0401. The number of nitrogen functional groups attached to an aromatic ring is 1. The molecule has 0 saturated carbocycles. The van der Waals surface area contributed by atoms with Crippen LogP contribution in [0.5, 0.6) is 0 Å². The molecule has 0 atom stereocenters. The van der Waals surface area contributed by atoms with Crippen molar-refractivity contribution >= 4 is 23.5 Å². The van der Waals surface area contributed by atoms with Crippen molar-refractivity contribution in [2.45, 2.75) is 6.54 Å². The number of nitrogens with zero attached hydrogens (tertiary/aromatic N) is 4. The van der Waals surface area contributed by atoms with Crippen LogP contribution in [0, 0.1) is 0 Å². The van der Waals surface area contributed by atoms with Crippen LogP contribution in [-0.2, 0) is 11.3 Å². The zero-order valence-electron chi connectivity index (χ0n) is 8.99. The third-order valence-electron chi connectivity index (χ3n) is 1.91. The molecule has 0 saturated heterocycles. The lowest BCUT2D eigenvalue weighted by Gasteiger charge is -1.97. The Labute approximate surface area is 99.8 Å². The molecule has 94 valence electrons. The fraction of sp³-hybridized carbons (Fsp3) is 0.125. The van der Waals surface area contributed by atoms with Crippen LogP contribution < -0.4 is 11.1 Å². The lowest BCUT2D eigenvalue weighted by molar-refractivity contribution is -0.137. The summed E-state index contributed by atoms with van der Waals surface area (Å²) in [4.78, 5) is 25.7. The summed E-state index contributed by atoms with van der Waals surface area (Å²) in [5.74, 6) is -1.66. The number of carboxylic acid groups (broad SMARTS) is 1. The van der Waals surface area contributed by atoms with Crippen LogP contribution in [0.25, 0.3) is 0 Å². The number of anilines is 2. The van der Waals surface area contributed by atoms with E-state index in [-0.39, 0.29) is 18.3 Å². The van der Waals surface area contributed by atoms with Gasteiger partial charge in [-0.3, -0.25) is 19.4 Å². The van der Waals surface area contributed by atoms with Gasteiger partial charge in [0.05, 0.1) is 11.9 Å². The van der Waals surface area contributed by atoms with Crippen molar-refractivity contribution in [2.24, 2.45) is 0 Å². The second-order valence-corrected chi connectivity index (χ2v) is 3.32. The van der Waals surface area contributed by atoms with Gasteiger partial charge in [-0.1, -0.05) is 0 Å². The quantitative estimate of drug-likeness (QED) is 0.539. The van der Waals surface area contributed by atoms with E-state index in [4.69, 9.17) is 10.8 Å². The predicted octanol–water partition coefficient (Wildman–Crippen LogP) is -1.08. The summed E-state index contributed by atoms with van der Waals surface area (Å²) >= 11 is 0. The van der Waals surface area contributed by atoms with Crippen LogP contribution in [0.1, 0.15) is 10.6 Å². The van der Waals surface area contributed by atoms with Gasteiger partial charge in [-0.2, -0.15) is 10.1 Å². The predicted molar refractivity (Wildman–Crippen MR) is 58.6 cm³/mol. The molecule has 0 unspecified atom stereocenters. The summed E-state index contributed by atoms with van der Waals surface area (Å²) in [6, 6.07) is 0. The molecule has 2 rings (SSSR count). The molecule has 0 aromatic carbocycles. The number of hydrogen-bond acceptors (Lipinski definition) is 6. The third kappa shape index (κ3) is 2.61. The zero-order valence-corrected chi connectivity index (χ0v) is 8.99. The summed E-state index contributed by atoms with van der Waals surface area (Å²) < 4.78 is 1.17. The van der Waals surface area contributed by atoms with Gasteiger partial charge in [0.1, 0.15) is 6.54 Å². The molecular formula is C8H9N7O3. The van der Waals surface area contributed by atoms with Crippen molar-refractivity contribution in [1.29, 1.82) is 0 Å². The Balaban J connectivity index is 2.03. The van der Waals surface area contributed by atoms with Gasteiger partial charge < -0.3 is 16.2 Å². The normalized spacial score (nSPS) is 10.2. The van der Waals surface area contributed by atoms with Crippen molar-refractivity contribution in [3.8, 4) is 0 Å². The zero-order chi connectivity index (χ0) is 13.1. The Morgan fingerprint density at radius 2 is 2.33 bits per heavy atom. The van der Waals surface area contributed by atoms with E-state index in [2.05, 4.69) is 25.6 Å². The first-order valence-electron chi connectivity index (χ1n) is 4.78. The molecule has 2 aromatic rings. The molecule has 0 bridgehead atoms. The maximum Gasteiger partial charge on any atom is 0.325 e. The topological polar surface area (TPSA) is 152 Å². The number of hydrogen-bond donors (Lipinski definition) is 4. The number of carbonyl (C=O) groups is 2. The number of H-pyrrole nitrogens is 1. The van der Waals surface area contributed by atoms with Crippen molar-refractivity contribution < 1.29 is 14.7 Å². The van der Waals surface area contributed by atoms with Gasteiger partial charge in [0, 0.05) is 6.20 Å². The fourth-order valence-corrected chi connectivity index (χ4v) is 1.22. The Morgan fingerprint density at radius 3 is 2.94 bits per heavy atom. The summed E-state index contributed by atoms with van der Waals surface area (Å²) in [6.07, 6.45) is 2.70. The monoisotopic (exact) mass is 251 g/mol. The number of rotatable bonds is 4. The van der Waals surface area contributed by atoms with Crippen LogP contribution in [0.2, 0.25) is 0 Å². The standard InChI is InChI=1S/C8H9N7O3/c9-8-12-6(13-14-8)7(18)11-4-1-10-15(2-4)3-5(16)17/h1-2H,3H2,(H,11,18)(H,16,17)(H3,9,12,13,14). The molecule has 5 N–H and O–H groups in total. The fourth-order valence-electron chi connectivity index (χ4n) is 1.22.